The van der Waals surface area contributed by atoms with E-state index < -0.39 is 6.04 Å². The number of rotatable bonds is 5. The van der Waals surface area contributed by atoms with Gasteiger partial charge in [0.2, 0.25) is 5.43 Å². The van der Waals surface area contributed by atoms with Gasteiger partial charge in [0.05, 0.1) is 13.2 Å². The molecule has 0 unspecified atom stereocenters. The van der Waals surface area contributed by atoms with Gasteiger partial charge in [-0.05, 0) is 42.2 Å². The van der Waals surface area contributed by atoms with Crippen molar-refractivity contribution >= 4 is 5.91 Å². The molecule has 0 fully saturated rings. The number of carbonyl (C=O) groups is 1. The number of carbonyl (C=O) groups excluding carboxylic acids is 1. The Morgan fingerprint density at radius 1 is 1.15 bits per heavy atom. The molecule has 27 heavy (non-hydrogen) atoms. The number of hydrogen-bond acceptors (Lipinski definition) is 4. The minimum absolute atomic E-state index is 0.157. The molecule has 0 aliphatic heterocycles. The quantitative estimate of drug-likeness (QED) is 0.730. The van der Waals surface area contributed by atoms with Gasteiger partial charge in [0.15, 0.2) is 5.75 Å². The number of pyridine rings is 2. The van der Waals surface area contributed by atoms with Gasteiger partial charge in [-0.2, -0.15) is 0 Å². The summed E-state index contributed by atoms with van der Waals surface area (Å²) in [6.07, 6.45) is 4.78. The van der Waals surface area contributed by atoms with Crippen LogP contribution in [0.5, 0.6) is 5.75 Å². The van der Waals surface area contributed by atoms with Crippen LogP contribution in [0.3, 0.4) is 0 Å². The van der Waals surface area contributed by atoms with Crippen molar-refractivity contribution in [2.45, 2.75) is 19.9 Å². The predicted molar refractivity (Wildman–Crippen MR) is 103 cm³/mol. The van der Waals surface area contributed by atoms with Crippen LogP contribution in [0.2, 0.25) is 0 Å². The number of benzene rings is 1. The second-order valence-corrected chi connectivity index (χ2v) is 6.32. The van der Waals surface area contributed by atoms with E-state index in [0.29, 0.717) is 0 Å². The number of nitrogens with one attached hydrogen (secondary N) is 2. The molecular weight excluding hydrogens is 342 g/mol. The van der Waals surface area contributed by atoms with Crippen molar-refractivity contribution in [1.82, 2.24) is 15.3 Å². The number of aromatic amines is 1. The third-order valence-corrected chi connectivity index (χ3v) is 4.50. The van der Waals surface area contributed by atoms with Crippen LogP contribution in [-0.2, 0) is 0 Å². The molecule has 1 aromatic carbocycles. The topological polar surface area (TPSA) is 84.1 Å². The average Bonchev–Trinajstić information content (AvgIpc) is 2.68. The molecule has 1 amide bonds. The molecule has 2 aromatic heterocycles. The smallest absolute Gasteiger partial charge is 0.268 e. The van der Waals surface area contributed by atoms with Crippen LogP contribution in [0.1, 0.15) is 38.8 Å². The van der Waals surface area contributed by atoms with Crippen LogP contribution in [0.15, 0.2) is 59.8 Å². The van der Waals surface area contributed by atoms with Crippen molar-refractivity contribution in [3.8, 4) is 5.75 Å². The maximum absolute atomic E-state index is 12.8. The molecule has 0 radical (unpaired) electrons. The Bertz CT molecular complexity index is 1010. The summed E-state index contributed by atoms with van der Waals surface area (Å²) >= 11 is 0. The van der Waals surface area contributed by atoms with E-state index >= 15 is 0 Å². The van der Waals surface area contributed by atoms with E-state index in [9.17, 15) is 9.59 Å². The van der Waals surface area contributed by atoms with Crippen LogP contribution in [0.4, 0.5) is 0 Å². The lowest BCUT2D eigenvalue weighted by Gasteiger charge is -2.20. The number of nitrogens with zero attached hydrogens (tertiary/aromatic N) is 1. The third kappa shape index (κ3) is 4.06. The predicted octanol–water partition coefficient (Wildman–Crippen LogP) is 2.91. The molecule has 3 rings (SSSR count). The summed E-state index contributed by atoms with van der Waals surface area (Å²) in [5, 5.41) is 2.99. The number of aromatic nitrogens is 2. The summed E-state index contributed by atoms with van der Waals surface area (Å²) in [6.45, 7) is 4.07. The molecule has 2 heterocycles. The van der Waals surface area contributed by atoms with E-state index in [0.717, 1.165) is 16.7 Å². The second kappa shape index (κ2) is 7.86. The van der Waals surface area contributed by atoms with E-state index in [1.807, 2.05) is 44.2 Å². The lowest BCUT2D eigenvalue weighted by atomic mass is 9.96. The second-order valence-electron chi connectivity index (χ2n) is 6.32. The number of H-pyrrole nitrogens is 1. The standard InChI is InChI=1S/C21H21N3O3/c1-13-6-7-15(9-14(13)2)20(16-5-4-8-22-11-16)24-21(26)17-10-18(25)19(27-3)12-23-17/h4-12,20H,1-3H3,(H,23,25)(H,24,26)/t20-/m0/s1. The maximum Gasteiger partial charge on any atom is 0.268 e. The van der Waals surface area contributed by atoms with Gasteiger partial charge in [-0.3, -0.25) is 14.6 Å². The maximum atomic E-state index is 12.8. The van der Waals surface area contributed by atoms with Gasteiger partial charge in [0.1, 0.15) is 5.69 Å². The molecule has 0 saturated carbocycles. The average molecular weight is 363 g/mol. The molecule has 1 atom stereocenters. The highest BCUT2D eigenvalue weighted by Crippen LogP contribution is 2.24. The van der Waals surface area contributed by atoms with Gasteiger partial charge in [-0.1, -0.05) is 24.3 Å². The highest BCUT2D eigenvalue weighted by molar-refractivity contribution is 5.92. The summed E-state index contributed by atoms with van der Waals surface area (Å²) in [7, 11) is 1.41. The van der Waals surface area contributed by atoms with E-state index in [4.69, 9.17) is 4.74 Å². The summed E-state index contributed by atoms with van der Waals surface area (Å²) in [6, 6.07) is 10.6. The Labute approximate surface area is 157 Å². The summed E-state index contributed by atoms with van der Waals surface area (Å²) < 4.78 is 4.94. The monoisotopic (exact) mass is 363 g/mol. The first-order valence-corrected chi connectivity index (χ1v) is 8.54. The van der Waals surface area contributed by atoms with Crippen LogP contribution >= 0.6 is 0 Å². The number of ether oxygens (including phenoxy) is 1. The first-order chi connectivity index (χ1) is 13.0. The normalized spacial score (nSPS) is 11.7. The first kappa shape index (κ1) is 18.4. The molecule has 138 valence electrons. The zero-order chi connectivity index (χ0) is 19.4. The van der Waals surface area contributed by atoms with E-state index in [1.54, 1.807) is 12.4 Å². The fraction of sp³-hybridized carbons (Fsp3) is 0.190. The minimum Gasteiger partial charge on any atom is -0.491 e. The van der Waals surface area contributed by atoms with Gasteiger partial charge >= 0.3 is 0 Å². The molecular formula is C21H21N3O3. The summed E-state index contributed by atoms with van der Waals surface area (Å²) in [5.74, 6) is -0.230. The van der Waals surface area contributed by atoms with Crippen LogP contribution in [0.25, 0.3) is 0 Å². The number of hydrogen-bond donors (Lipinski definition) is 2. The first-order valence-electron chi connectivity index (χ1n) is 8.54. The fourth-order valence-corrected chi connectivity index (χ4v) is 2.81. The molecule has 3 aromatic rings. The van der Waals surface area contributed by atoms with Crippen LogP contribution in [-0.4, -0.2) is 23.0 Å². The summed E-state index contributed by atoms with van der Waals surface area (Å²) in [4.78, 5) is 31.7. The zero-order valence-electron chi connectivity index (χ0n) is 15.4. The van der Waals surface area contributed by atoms with E-state index in [1.165, 1.54) is 24.9 Å². The third-order valence-electron chi connectivity index (χ3n) is 4.50. The Kier molecular flexibility index (Phi) is 5.35. The highest BCUT2D eigenvalue weighted by Gasteiger charge is 2.19. The minimum atomic E-state index is -0.392. The van der Waals surface area contributed by atoms with Crippen molar-refractivity contribution in [1.29, 1.82) is 0 Å². The lowest BCUT2D eigenvalue weighted by Crippen LogP contribution is -2.31. The van der Waals surface area contributed by atoms with E-state index in [2.05, 4.69) is 15.3 Å². The van der Waals surface area contributed by atoms with Crippen molar-refractivity contribution < 1.29 is 9.53 Å². The molecule has 0 spiro atoms. The van der Waals surface area contributed by atoms with Gasteiger partial charge in [0, 0.05) is 24.7 Å². The molecule has 0 saturated heterocycles. The summed E-state index contributed by atoms with van der Waals surface area (Å²) in [5.41, 5.74) is 3.91. The van der Waals surface area contributed by atoms with Gasteiger partial charge < -0.3 is 15.0 Å². The molecule has 6 nitrogen and oxygen atoms in total. The number of aryl methyl sites for hydroxylation is 2. The Morgan fingerprint density at radius 2 is 1.96 bits per heavy atom. The Hall–Kier alpha value is -3.41. The van der Waals surface area contributed by atoms with Crippen molar-refractivity contribution in [2.75, 3.05) is 7.11 Å². The van der Waals surface area contributed by atoms with Crippen LogP contribution in [0, 0.1) is 13.8 Å². The Morgan fingerprint density at radius 3 is 2.59 bits per heavy atom. The highest BCUT2D eigenvalue weighted by atomic mass is 16.5. The largest absolute Gasteiger partial charge is 0.491 e. The number of amides is 1. The van der Waals surface area contributed by atoms with Crippen molar-refractivity contribution in [3.05, 3.63) is 93.2 Å². The SMILES string of the molecule is COc1c[nH]c(C(=O)N[C@H](c2cccnc2)c2ccc(C)c(C)c2)cc1=O. The molecule has 2 N–H and O–H groups in total. The van der Waals surface area contributed by atoms with Crippen molar-refractivity contribution in [2.24, 2.45) is 0 Å². The van der Waals surface area contributed by atoms with Crippen LogP contribution < -0.4 is 15.5 Å². The number of methoxy groups -OCH3 is 1. The van der Waals surface area contributed by atoms with Gasteiger partial charge in [-0.25, -0.2) is 0 Å². The Balaban J connectivity index is 1.96. The van der Waals surface area contributed by atoms with E-state index in [-0.39, 0.29) is 22.8 Å². The van der Waals surface area contributed by atoms with Gasteiger partial charge in [-0.15, -0.1) is 0 Å². The zero-order valence-corrected chi connectivity index (χ0v) is 15.4. The molecule has 0 aliphatic carbocycles. The van der Waals surface area contributed by atoms with Gasteiger partial charge in [0.25, 0.3) is 5.91 Å². The molecule has 0 aliphatic rings. The van der Waals surface area contributed by atoms with Crippen molar-refractivity contribution in [3.63, 3.8) is 0 Å². The molecule has 0 bridgehead atoms. The fourth-order valence-electron chi connectivity index (χ4n) is 2.81. The molecule has 6 heteroatoms. The lowest BCUT2D eigenvalue weighted by molar-refractivity contribution is 0.0937.